The number of benzene rings is 2. The molecule has 3 aromatic rings. The SMILES string of the molecule is CCCCOc1cccc(C2C(=C(O)c3ccc(C)cc3)C(=O)C(=O)N2CCCn2ccnc2)c1. The second-order valence-corrected chi connectivity index (χ2v) is 8.79. The first-order valence-electron chi connectivity index (χ1n) is 12.0. The monoisotopic (exact) mass is 473 g/mol. The van der Waals surface area contributed by atoms with Gasteiger partial charge in [0.2, 0.25) is 0 Å². The van der Waals surface area contributed by atoms with E-state index in [-0.39, 0.29) is 11.3 Å². The Morgan fingerprint density at radius 2 is 1.89 bits per heavy atom. The highest BCUT2D eigenvalue weighted by molar-refractivity contribution is 6.46. The number of hydrogen-bond donors (Lipinski definition) is 1. The van der Waals surface area contributed by atoms with Crippen LogP contribution in [0.3, 0.4) is 0 Å². The highest BCUT2D eigenvalue weighted by Crippen LogP contribution is 2.40. The van der Waals surface area contributed by atoms with Gasteiger partial charge in [0, 0.05) is 31.0 Å². The van der Waals surface area contributed by atoms with Crippen molar-refractivity contribution in [2.24, 2.45) is 0 Å². The predicted octanol–water partition coefficient (Wildman–Crippen LogP) is 4.88. The molecule has 0 spiro atoms. The first-order valence-corrected chi connectivity index (χ1v) is 12.0. The lowest BCUT2D eigenvalue weighted by atomic mass is 9.95. The van der Waals surface area contributed by atoms with Gasteiger partial charge in [-0.3, -0.25) is 9.59 Å². The number of aromatic nitrogens is 2. The van der Waals surface area contributed by atoms with Crippen molar-refractivity contribution < 1.29 is 19.4 Å². The Morgan fingerprint density at radius 3 is 2.60 bits per heavy atom. The zero-order valence-corrected chi connectivity index (χ0v) is 20.2. The molecule has 1 aliphatic rings. The summed E-state index contributed by atoms with van der Waals surface area (Å²) in [4.78, 5) is 32.0. The Hall–Kier alpha value is -3.87. The van der Waals surface area contributed by atoms with Gasteiger partial charge >= 0.3 is 0 Å². The molecule has 7 heteroatoms. The molecule has 0 saturated carbocycles. The van der Waals surface area contributed by atoms with Gasteiger partial charge in [0.25, 0.3) is 11.7 Å². The van der Waals surface area contributed by atoms with E-state index in [1.807, 2.05) is 54.1 Å². The maximum atomic E-state index is 13.2. The van der Waals surface area contributed by atoms with Gasteiger partial charge in [-0.05, 0) is 37.5 Å². The Bertz CT molecular complexity index is 1200. The summed E-state index contributed by atoms with van der Waals surface area (Å²) in [5.41, 5.74) is 2.38. The van der Waals surface area contributed by atoms with E-state index in [2.05, 4.69) is 11.9 Å². The standard InChI is InChI=1S/C28H31N3O4/c1-3-4-17-35-23-8-5-7-22(18-23)25-24(26(32)21-11-9-20(2)10-12-21)27(33)28(34)31(25)15-6-14-30-16-13-29-19-30/h5,7-13,16,18-19,25,32H,3-4,6,14-15,17H2,1-2H3. The van der Waals surface area contributed by atoms with Gasteiger partial charge in [-0.15, -0.1) is 0 Å². The summed E-state index contributed by atoms with van der Waals surface area (Å²) in [5.74, 6) is -0.766. The molecule has 2 aromatic carbocycles. The Kier molecular flexibility index (Phi) is 7.65. The van der Waals surface area contributed by atoms with Gasteiger partial charge in [-0.2, -0.15) is 0 Å². The lowest BCUT2D eigenvalue weighted by Crippen LogP contribution is -2.31. The largest absolute Gasteiger partial charge is 0.507 e. The number of ketones is 1. The molecular formula is C28H31N3O4. The van der Waals surface area contributed by atoms with Gasteiger partial charge in [0.1, 0.15) is 11.5 Å². The fourth-order valence-corrected chi connectivity index (χ4v) is 4.28. The zero-order chi connectivity index (χ0) is 24.8. The summed E-state index contributed by atoms with van der Waals surface area (Å²) < 4.78 is 7.81. The highest BCUT2D eigenvalue weighted by Gasteiger charge is 2.45. The molecule has 182 valence electrons. The smallest absolute Gasteiger partial charge is 0.295 e. The summed E-state index contributed by atoms with van der Waals surface area (Å²) in [6, 6.07) is 14.0. The number of unbranched alkanes of at least 4 members (excludes halogenated alkanes) is 1. The summed E-state index contributed by atoms with van der Waals surface area (Å²) in [5, 5.41) is 11.2. The molecule has 0 bridgehead atoms. The third-order valence-corrected chi connectivity index (χ3v) is 6.18. The molecule has 1 amide bonds. The Morgan fingerprint density at radius 1 is 1.09 bits per heavy atom. The molecular weight excluding hydrogens is 442 g/mol. The van der Waals surface area contributed by atoms with Gasteiger partial charge < -0.3 is 19.3 Å². The van der Waals surface area contributed by atoms with Crippen LogP contribution in [0.15, 0.2) is 72.8 Å². The maximum Gasteiger partial charge on any atom is 0.295 e. The minimum atomic E-state index is -0.700. The molecule has 4 rings (SSSR count). The van der Waals surface area contributed by atoms with E-state index >= 15 is 0 Å². The van der Waals surface area contributed by atoms with E-state index in [4.69, 9.17) is 4.74 Å². The first kappa shape index (κ1) is 24.3. The zero-order valence-electron chi connectivity index (χ0n) is 20.2. The van der Waals surface area contributed by atoms with Crippen LogP contribution in [0.25, 0.3) is 5.76 Å². The molecule has 7 nitrogen and oxygen atoms in total. The molecule has 1 aliphatic heterocycles. The molecule has 1 atom stereocenters. The number of rotatable bonds is 10. The number of aliphatic hydroxyl groups excluding tert-OH is 1. The van der Waals surface area contributed by atoms with Gasteiger partial charge in [-0.25, -0.2) is 4.98 Å². The minimum absolute atomic E-state index is 0.104. The number of carbonyl (C=O) groups excluding carboxylic acids is 2. The second-order valence-electron chi connectivity index (χ2n) is 8.79. The van der Waals surface area contributed by atoms with Gasteiger partial charge in [0.05, 0.1) is 24.5 Å². The molecule has 35 heavy (non-hydrogen) atoms. The summed E-state index contributed by atoms with van der Waals surface area (Å²) >= 11 is 0. The van der Waals surface area contributed by atoms with Crippen LogP contribution in [0.4, 0.5) is 0 Å². The van der Waals surface area contributed by atoms with Crippen LogP contribution in [0, 0.1) is 6.92 Å². The maximum absolute atomic E-state index is 13.2. The number of ether oxygens (including phenoxy) is 1. The van der Waals surface area contributed by atoms with E-state index in [0.717, 1.165) is 24.0 Å². The lowest BCUT2D eigenvalue weighted by molar-refractivity contribution is -0.139. The average molecular weight is 474 g/mol. The minimum Gasteiger partial charge on any atom is -0.507 e. The lowest BCUT2D eigenvalue weighted by Gasteiger charge is -2.26. The van der Waals surface area contributed by atoms with Crippen LogP contribution in [-0.4, -0.2) is 44.4 Å². The van der Waals surface area contributed by atoms with E-state index in [0.29, 0.717) is 37.4 Å². The Labute approximate surface area is 205 Å². The molecule has 1 unspecified atom stereocenters. The van der Waals surface area contributed by atoms with Crippen molar-refractivity contribution in [3.63, 3.8) is 0 Å². The van der Waals surface area contributed by atoms with Crippen molar-refractivity contribution in [2.45, 2.75) is 45.7 Å². The van der Waals surface area contributed by atoms with Crippen molar-refractivity contribution >= 4 is 17.4 Å². The summed E-state index contributed by atoms with van der Waals surface area (Å²) in [6.07, 6.45) is 7.88. The van der Waals surface area contributed by atoms with Crippen molar-refractivity contribution in [2.75, 3.05) is 13.2 Å². The second kappa shape index (κ2) is 11.0. The van der Waals surface area contributed by atoms with Crippen molar-refractivity contribution in [3.05, 3.63) is 89.5 Å². The molecule has 1 aromatic heterocycles. The number of aryl methyl sites for hydroxylation is 2. The molecule has 1 fully saturated rings. The highest BCUT2D eigenvalue weighted by atomic mass is 16.5. The van der Waals surface area contributed by atoms with Crippen LogP contribution in [0.5, 0.6) is 5.75 Å². The summed E-state index contributed by atoms with van der Waals surface area (Å²) in [7, 11) is 0. The number of nitrogens with zero attached hydrogens (tertiary/aromatic N) is 3. The van der Waals surface area contributed by atoms with Gasteiger partial charge in [0.15, 0.2) is 0 Å². The molecule has 1 saturated heterocycles. The van der Waals surface area contributed by atoms with Gasteiger partial charge in [-0.1, -0.05) is 55.3 Å². The number of likely N-dealkylation sites (tertiary alicyclic amines) is 1. The number of amides is 1. The fourth-order valence-electron chi connectivity index (χ4n) is 4.28. The number of carbonyl (C=O) groups is 2. The molecule has 0 radical (unpaired) electrons. The number of hydrogen-bond acceptors (Lipinski definition) is 5. The van der Waals surface area contributed by atoms with Crippen molar-refractivity contribution in [1.82, 2.24) is 14.5 Å². The average Bonchev–Trinajstić information content (AvgIpc) is 3.47. The van der Waals surface area contributed by atoms with Crippen LogP contribution in [0.1, 0.15) is 48.9 Å². The third-order valence-electron chi connectivity index (χ3n) is 6.18. The van der Waals surface area contributed by atoms with E-state index in [9.17, 15) is 14.7 Å². The van der Waals surface area contributed by atoms with Crippen LogP contribution in [-0.2, 0) is 16.1 Å². The topological polar surface area (TPSA) is 84.7 Å². The Balaban J connectivity index is 1.71. The number of aliphatic hydroxyl groups is 1. The normalized spacial score (nSPS) is 17.2. The molecule has 1 N–H and O–H groups in total. The number of imidazole rings is 1. The predicted molar refractivity (Wildman–Crippen MR) is 134 cm³/mol. The van der Waals surface area contributed by atoms with Crippen molar-refractivity contribution in [1.29, 1.82) is 0 Å². The van der Waals surface area contributed by atoms with E-state index in [1.54, 1.807) is 29.6 Å². The molecule has 2 heterocycles. The number of Topliss-reactive ketones (excluding diaryl/α,β-unsaturated/α-hetero) is 1. The van der Waals surface area contributed by atoms with E-state index < -0.39 is 17.7 Å². The third kappa shape index (κ3) is 5.45. The van der Waals surface area contributed by atoms with Crippen molar-refractivity contribution in [3.8, 4) is 5.75 Å². The quantitative estimate of drug-likeness (QED) is 0.196. The fraction of sp³-hybridized carbons (Fsp3) is 0.321. The first-order chi connectivity index (χ1) is 17.0. The van der Waals surface area contributed by atoms with Crippen LogP contribution < -0.4 is 4.74 Å². The van der Waals surface area contributed by atoms with E-state index in [1.165, 1.54) is 0 Å². The molecule has 0 aliphatic carbocycles. The summed E-state index contributed by atoms with van der Waals surface area (Å²) in [6.45, 7) is 5.66. The van der Waals surface area contributed by atoms with Crippen LogP contribution >= 0.6 is 0 Å². The van der Waals surface area contributed by atoms with Crippen LogP contribution in [0.2, 0.25) is 0 Å².